The molecular formula is C8H5F3N4O. The second kappa shape index (κ2) is 3.54. The molecule has 0 amide bonds. The van der Waals surface area contributed by atoms with Crippen molar-refractivity contribution in [3.8, 4) is 6.01 Å². The third kappa shape index (κ3) is 1.73. The minimum absolute atomic E-state index is 0.151. The van der Waals surface area contributed by atoms with E-state index in [-0.39, 0.29) is 11.7 Å². The highest BCUT2D eigenvalue weighted by atomic mass is 19.4. The average molecular weight is 230 g/mol. The SMILES string of the molecule is COc1nc(C(F)(F)F)c2nccnc2n1. The van der Waals surface area contributed by atoms with Gasteiger partial charge in [0.25, 0.3) is 0 Å². The van der Waals surface area contributed by atoms with E-state index in [0.717, 1.165) is 6.20 Å². The second-order valence-corrected chi connectivity index (χ2v) is 2.79. The quantitative estimate of drug-likeness (QED) is 0.741. The standard InChI is InChI=1S/C8H5F3N4O/c1-16-7-14-5(8(9,10)11)4-6(15-7)13-3-2-12-4/h2-3H,1H3. The summed E-state index contributed by atoms with van der Waals surface area (Å²) in [4.78, 5) is 14.1. The van der Waals surface area contributed by atoms with Crippen LogP contribution in [-0.2, 0) is 6.18 Å². The smallest absolute Gasteiger partial charge is 0.435 e. The highest BCUT2D eigenvalue weighted by molar-refractivity contribution is 5.72. The van der Waals surface area contributed by atoms with Crippen LogP contribution in [0.15, 0.2) is 12.4 Å². The molecule has 0 saturated carbocycles. The van der Waals surface area contributed by atoms with Gasteiger partial charge in [0.05, 0.1) is 7.11 Å². The van der Waals surface area contributed by atoms with E-state index in [2.05, 4.69) is 24.7 Å². The van der Waals surface area contributed by atoms with Crippen molar-refractivity contribution >= 4 is 11.2 Å². The number of methoxy groups -OCH3 is 1. The summed E-state index contributed by atoms with van der Waals surface area (Å²) in [6.07, 6.45) is -2.23. The van der Waals surface area contributed by atoms with E-state index in [1.165, 1.54) is 13.3 Å². The zero-order chi connectivity index (χ0) is 11.8. The van der Waals surface area contributed by atoms with Crippen LogP contribution in [0.1, 0.15) is 5.69 Å². The van der Waals surface area contributed by atoms with Crippen LogP contribution < -0.4 is 4.74 Å². The van der Waals surface area contributed by atoms with Gasteiger partial charge in [-0.25, -0.2) is 9.97 Å². The van der Waals surface area contributed by atoms with Crippen molar-refractivity contribution in [2.24, 2.45) is 0 Å². The van der Waals surface area contributed by atoms with Crippen LogP contribution >= 0.6 is 0 Å². The predicted molar refractivity (Wildman–Crippen MR) is 46.7 cm³/mol. The zero-order valence-electron chi connectivity index (χ0n) is 7.99. The molecule has 0 aliphatic heterocycles. The van der Waals surface area contributed by atoms with Gasteiger partial charge in [-0.3, -0.25) is 0 Å². The molecule has 8 heteroatoms. The van der Waals surface area contributed by atoms with E-state index in [4.69, 9.17) is 0 Å². The number of alkyl halides is 3. The summed E-state index contributed by atoms with van der Waals surface area (Å²) >= 11 is 0. The Kier molecular flexibility index (Phi) is 2.33. The normalized spacial score (nSPS) is 11.8. The Labute approximate surface area is 87.3 Å². The molecule has 0 atom stereocenters. The number of ether oxygens (including phenoxy) is 1. The summed E-state index contributed by atoms with van der Waals surface area (Å²) < 4.78 is 42.4. The molecule has 0 unspecified atom stereocenters. The molecule has 5 nitrogen and oxygen atoms in total. The topological polar surface area (TPSA) is 60.8 Å². The summed E-state index contributed by atoms with van der Waals surface area (Å²) in [6.45, 7) is 0. The van der Waals surface area contributed by atoms with Gasteiger partial charge in [-0.2, -0.15) is 23.1 Å². The van der Waals surface area contributed by atoms with Crippen LogP contribution in [-0.4, -0.2) is 27.0 Å². The van der Waals surface area contributed by atoms with Crippen molar-refractivity contribution in [2.45, 2.75) is 6.18 Å². The number of hydrogen-bond donors (Lipinski definition) is 0. The largest absolute Gasteiger partial charge is 0.467 e. The van der Waals surface area contributed by atoms with E-state index < -0.39 is 17.4 Å². The van der Waals surface area contributed by atoms with Crippen LogP contribution in [0, 0.1) is 0 Å². The van der Waals surface area contributed by atoms with Crippen molar-refractivity contribution in [1.82, 2.24) is 19.9 Å². The minimum Gasteiger partial charge on any atom is -0.467 e. The molecule has 2 aromatic heterocycles. The van der Waals surface area contributed by atoms with Gasteiger partial charge in [0.1, 0.15) is 5.52 Å². The summed E-state index contributed by atoms with van der Waals surface area (Å²) in [6, 6.07) is -0.389. The number of nitrogens with zero attached hydrogens (tertiary/aromatic N) is 4. The Morgan fingerprint density at radius 2 is 1.81 bits per heavy atom. The molecule has 0 saturated heterocycles. The lowest BCUT2D eigenvalue weighted by molar-refractivity contribution is -0.140. The van der Waals surface area contributed by atoms with Gasteiger partial charge in [0, 0.05) is 12.4 Å². The molecular weight excluding hydrogens is 225 g/mol. The van der Waals surface area contributed by atoms with Gasteiger partial charge in [-0.05, 0) is 0 Å². The van der Waals surface area contributed by atoms with Gasteiger partial charge < -0.3 is 4.74 Å². The first-order valence-electron chi connectivity index (χ1n) is 4.12. The molecule has 2 aromatic rings. The van der Waals surface area contributed by atoms with E-state index in [9.17, 15) is 13.2 Å². The highest BCUT2D eigenvalue weighted by Gasteiger charge is 2.36. The molecule has 2 rings (SSSR count). The van der Waals surface area contributed by atoms with E-state index >= 15 is 0 Å². The predicted octanol–water partition coefficient (Wildman–Crippen LogP) is 1.45. The van der Waals surface area contributed by atoms with Crippen LogP contribution in [0.5, 0.6) is 6.01 Å². The first kappa shape index (κ1) is 10.5. The minimum atomic E-state index is -4.62. The van der Waals surface area contributed by atoms with Crippen LogP contribution in [0.4, 0.5) is 13.2 Å². The van der Waals surface area contributed by atoms with E-state index in [1.807, 2.05) is 0 Å². The van der Waals surface area contributed by atoms with E-state index in [1.54, 1.807) is 0 Å². The van der Waals surface area contributed by atoms with Crippen molar-refractivity contribution in [3.05, 3.63) is 18.1 Å². The Hall–Kier alpha value is -1.99. The lowest BCUT2D eigenvalue weighted by Gasteiger charge is -2.08. The molecule has 0 fully saturated rings. The Morgan fingerprint density at radius 3 is 2.44 bits per heavy atom. The van der Waals surface area contributed by atoms with Crippen molar-refractivity contribution in [3.63, 3.8) is 0 Å². The summed E-state index contributed by atoms with van der Waals surface area (Å²) in [5.41, 5.74) is -1.69. The summed E-state index contributed by atoms with van der Waals surface area (Å²) in [7, 11) is 1.18. The third-order valence-corrected chi connectivity index (χ3v) is 1.76. The molecule has 0 radical (unpaired) electrons. The summed E-state index contributed by atoms with van der Waals surface area (Å²) in [5, 5.41) is 0. The van der Waals surface area contributed by atoms with Gasteiger partial charge in [0.2, 0.25) is 0 Å². The molecule has 2 heterocycles. The average Bonchev–Trinajstić information content (AvgIpc) is 2.26. The first-order valence-corrected chi connectivity index (χ1v) is 4.12. The van der Waals surface area contributed by atoms with Crippen molar-refractivity contribution < 1.29 is 17.9 Å². The number of rotatable bonds is 1. The monoisotopic (exact) mass is 230 g/mol. The first-order chi connectivity index (χ1) is 7.52. The maximum atomic E-state index is 12.6. The Bertz CT molecular complexity index is 528. The van der Waals surface area contributed by atoms with Crippen LogP contribution in [0.25, 0.3) is 11.2 Å². The molecule has 16 heavy (non-hydrogen) atoms. The lowest BCUT2D eigenvalue weighted by Crippen LogP contribution is -2.12. The molecule has 0 aliphatic rings. The van der Waals surface area contributed by atoms with Gasteiger partial charge >= 0.3 is 12.2 Å². The zero-order valence-corrected chi connectivity index (χ0v) is 7.99. The van der Waals surface area contributed by atoms with Gasteiger partial charge in [-0.1, -0.05) is 0 Å². The molecule has 84 valence electrons. The van der Waals surface area contributed by atoms with Crippen molar-refractivity contribution in [1.29, 1.82) is 0 Å². The number of aromatic nitrogens is 4. The lowest BCUT2D eigenvalue weighted by atomic mass is 10.3. The summed E-state index contributed by atoms with van der Waals surface area (Å²) in [5.74, 6) is 0. The maximum absolute atomic E-state index is 12.6. The molecule has 0 aliphatic carbocycles. The fraction of sp³-hybridized carbons (Fsp3) is 0.250. The van der Waals surface area contributed by atoms with Crippen LogP contribution in [0.3, 0.4) is 0 Å². The number of halogens is 3. The highest BCUT2D eigenvalue weighted by Crippen LogP contribution is 2.32. The van der Waals surface area contributed by atoms with E-state index in [0.29, 0.717) is 0 Å². The maximum Gasteiger partial charge on any atom is 0.435 e. The molecule has 0 N–H and O–H groups in total. The van der Waals surface area contributed by atoms with Crippen LogP contribution in [0.2, 0.25) is 0 Å². The fourth-order valence-electron chi connectivity index (χ4n) is 1.13. The third-order valence-electron chi connectivity index (χ3n) is 1.76. The fourth-order valence-corrected chi connectivity index (χ4v) is 1.13. The number of hydrogen-bond acceptors (Lipinski definition) is 5. The Balaban J connectivity index is 2.79. The molecule has 0 aromatic carbocycles. The van der Waals surface area contributed by atoms with Crippen molar-refractivity contribution in [2.75, 3.05) is 7.11 Å². The van der Waals surface area contributed by atoms with Gasteiger partial charge in [-0.15, -0.1) is 0 Å². The Morgan fingerprint density at radius 1 is 1.12 bits per heavy atom. The van der Waals surface area contributed by atoms with Gasteiger partial charge in [0.15, 0.2) is 11.3 Å². The molecule has 0 spiro atoms. The number of fused-ring (bicyclic) bond motifs is 1. The molecule has 0 bridgehead atoms. The second-order valence-electron chi connectivity index (χ2n) is 2.79.